The van der Waals surface area contributed by atoms with Gasteiger partial charge in [0.05, 0.1) is 20.3 Å². The fourth-order valence-corrected chi connectivity index (χ4v) is 5.85. The number of benzene rings is 1. The Morgan fingerprint density at radius 2 is 1.70 bits per heavy atom. The van der Waals surface area contributed by atoms with Gasteiger partial charge in [-0.05, 0) is 55.4 Å². The predicted molar refractivity (Wildman–Crippen MR) is 135 cm³/mol. The largest absolute Gasteiger partial charge is 0.497 e. The first-order valence-electron chi connectivity index (χ1n) is 11.9. The Labute approximate surface area is 205 Å². The summed E-state index contributed by atoms with van der Waals surface area (Å²) in [7, 11) is -0.249. The van der Waals surface area contributed by atoms with E-state index in [4.69, 9.17) is 28.1 Å². The van der Waals surface area contributed by atoms with Gasteiger partial charge in [0.1, 0.15) is 35.6 Å². The lowest BCUT2D eigenvalue weighted by Crippen LogP contribution is -2.58. The van der Waals surface area contributed by atoms with Crippen LogP contribution in [-0.4, -0.2) is 63.4 Å². The molecule has 6 nitrogen and oxygen atoms in total. The van der Waals surface area contributed by atoms with Crippen LogP contribution in [0.3, 0.4) is 0 Å². The smallest absolute Gasteiger partial charge is 0.192 e. The van der Waals surface area contributed by atoms with E-state index in [1.54, 1.807) is 18.9 Å². The van der Waals surface area contributed by atoms with Gasteiger partial charge in [-0.1, -0.05) is 39.8 Å². The van der Waals surface area contributed by atoms with E-state index in [0.29, 0.717) is 13.2 Å². The van der Waals surface area contributed by atoms with Gasteiger partial charge in [-0.2, -0.15) is 0 Å². The van der Waals surface area contributed by atoms with Crippen molar-refractivity contribution in [2.45, 2.75) is 102 Å². The number of rotatable bonds is 9. The van der Waals surface area contributed by atoms with E-state index in [-0.39, 0.29) is 34.9 Å². The zero-order valence-electron chi connectivity index (χ0n) is 21.7. The standard InChI is InChI=1S/C25H42O6SSi/c1-10-32-23-22(27-15-17-11-13-18(26-7)14-12-17)21-20(30-25(5,6)31-21)19(29-23)16-28-33(8,9)24(2,3)4/h11-14,19-23H,10,15-16H2,1-9H3/t19-,20+,21+,22-,23+/m1/s1. The number of hydrogen-bond acceptors (Lipinski definition) is 7. The Kier molecular flexibility index (Phi) is 8.63. The topological polar surface area (TPSA) is 55.4 Å². The summed E-state index contributed by atoms with van der Waals surface area (Å²) < 4.78 is 37.6. The molecule has 0 aromatic heterocycles. The van der Waals surface area contributed by atoms with E-state index < -0.39 is 14.1 Å². The molecule has 188 valence electrons. The molecular weight excluding hydrogens is 456 g/mol. The zero-order chi connectivity index (χ0) is 24.4. The maximum Gasteiger partial charge on any atom is 0.192 e. The molecule has 33 heavy (non-hydrogen) atoms. The van der Waals surface area contributed by atoms with Crippen LogP contribution in [0, 0.1) is 0 Å². The van der Waals surface area contributed by atoms with Crippen LogP contribution in [0.15, 0.2) is 24.3 Å². The highest BCUT2D eigenvalue weighted by molar-refractivity contribution is 7.99. The van der Waals surface area contributed by atoms with Crippen molar-refractivity contribution in [1.82, 2.24) is 0 Å². The van der Waals surface area contributed by atoms with E-state index in [9.17, 15) is 0 Å². The van der Waals surface area contributed by atoms with Crippen LogP contribution in [0.1, 0.15) is 47.1 Å². The summed E-state index contributed by atoms with van der Waals surface area (Å²) in [6.07, 6.45) is -0.896. The van der Waals surface area contributed by atoms with E-state index in [2.05, 4.69) is 40.8 Å². The second-order valence-corrected chi connectivity index (χ2v) is 16.9. The maximum absolute atomic E-state index is 6.59. The zero-order valence-corrected chi connectivity index (χ0v) is 23.5. The molecule has 1 aromatic carbocycles. The summed E-state index contributed by atoms with van der Waals surface area (Å²) in [5, 5.41) is 0.134. The van der Waals surface area contributed by atoms with Crippen LogP contribution in [0.2, 0.25) is 18.1 Å². The lowest BCUT2D eigenvalue weighted by molar-refractivity contribution is -0.186. The van der Waals surface area contributed by atoms with Gasteiger partial charge < -0.3 is 28.1 Å². The average molecular weight is 499 g/mol. The van der Waals surface area contributed by atoms with Crippen LogP contribution in [-0.2, 0) is 30.0 Å². The summed E-state index contributed by atoms with van der Waals surface area (Å²) in [5.41, 5.74) is 0.925. The minimum absolute atomic E-state index is 0.134. The van der Waals surface area contributed by atoms with Crippen molar-refractivity contribution >= 4 is 20.1 Å². The van der Waals surface area contributed by atoms with Crippen molar-refractivity contribution in [3.8, 4) is 5.75 Å². The molecule has 0 N–H and O–H groups in total. The second-order valence-electron chi connectivity index (χ2n) is 10.8. The monoisotopic (exact) mass is 498 g/mol. The molecule has 3 rings (SSSR count). The highest BCUT2D eigenvalue weighted by atomic mass is 32.2. The van der Waals surface area contributed by atoms with Gasteiger partial charge in [-0.15, -0.1) is 11.8 Å². The van der Waals surface area contributed by atoms with E-state index in [0.717, 1.165) is 17.1 Å². The molecule has 0 bridgehead atoms. The fraction of sp³-hybridized carbons (Fsp3) is 0.760. The third-order valence-electron chi connectivity index (χ3n) is 6.78. The van der Waals surface area contributed by atoms with Crippen LogP contribution in [0.5, 0.6) is 5.75 Å². The molecule has 0 aliphatic carbocycles. The minimum Gasteiger partial charge on any atom is -0.497 e. The summed E-state index contributed by atoms with van der Waals surface area (Å²) >= 11 is 1.75. The Morgan fingerprint density at radius 3 is 2.27 bits per heavy atom. The first-order chi connectivity index (χ1) is 15.4. The normalized spacial score (nSPS) is 29.7. The molecule has 0 unspecified atom stereocenters. The summed E-state index contributed by atoms with van der Waals surface area (Å²) in [5.74, 6) is 1.06. The van der Waals surface area contributed by atoms with Gasteiger partial charge in [0.15, 0.2) is 14.1 Å². The second kappa shape index (κ2) is 10.6. The molecular formula is C25H42O6SSi. The number of fused-ring (bicyclic) bond motifs is 1. The average Bonchev–Trinajstić information content (AvgIpc) is 3.06. The molecule has 0 amide bonds. The third-order valence-corrected chi connectivity index (χ3v) is 12.3. The Balaban J connectivity index is 1.76. The highest BCUT2D eigenvalue weighted by Gasteiger charge is 2.56. The Hall–Kier alpha value is -0.613. The number of thioether (sulfide) groups is 1. The number of methoxy groups -OCH3 is 1. The number of ether oxygens (including phenoxy) is 5. The van der Waals surface area contributed by atoms with Crippen molar-refractivity contribution in [3.05, 3.63) is 29.8 Å². The van der Waals surface area contributed by atoms with E-state index in [1.807, 2.05) is 38.1 Å². The van der Waals surface area contributed by atoms with Crippen LogP contribution < -0.4 is 4.74 Å². The number of hydrogen-bond donors (Lipinski definition) is 0. The lowest BCUT2D eigenvalue weighted by atomic mass is 10.00. The molecule has 2 heterocycles. The Bertz CT molecular complexity index is 763. The molecule has 5 atom stereocenters. The molecule has 0 radical (unpaired) electrons. The van der Waals surface area contributed by atoms with Crippen LogP contribution >= 0.6 is 11.8 Å². The van der Waals surface area contributed by atoms with Gasteiger partial charge in [-0.3, -0.25) is 0 Å². The fourth-order valence-electron chi connectivity index (χ4n) is 3.87. The first kappa shape index (κ1) is 27.0. The lowest BCUT2D eigenvalue weighted by Gasteiger charge is -2.43. The van der Waals surface area contributed by atoms with Crippen molar-refractivity contribution in [2.24, 2.45) is 0 Å². The van der Waals surface area contributed by atoms with E-state index >= 15 is 0 Å². The quantitative estimate of drug-likeness (QED) is 0.411. The van der Waals surface area contributed by atoms with Gasteiger partial charge in [0.2, 0.25) is 0 Å². The third kappa shape index (κ3) is 6.54. The molecule has 0 saturated carbocycles. The molecule has 1 aromatic rings. The van der Waals surface area contributed by atoms with Gasteiger partial charge in [0.25, 0.3) is 0 Å². The van der Waals surface area contributed by atoms with Gasteiger partial charge in [0, 0.05) is 0 Å². The van der Waals surface area contributed by atoms with Crippen LogP contribution in [0.25, 0.3) is 0 Å². The van der Waals surface area contributed by atoms with Gasteiger partial charge >= 0.3 is 0 Å². The summed E-state index contributed by atoms with van der Waals surface area (Å²) in [6.45, 7) is 18.3. The predicted octanol–water partition coefficient (Wildman–Crippen LogP) is 5.60. The summed E-state index contributed by atoms with van der Waals surface area (Å²) in [6, 6.07) is 7.94. The first-order valence-corrected chi connectivity index (χ1v) is 15.8. The van der Waals surface area contributed by atoms with Gasteiger partial charge in [-0.25, -0.2) is 0 Å². The molecule has 8 heteroatoms. The SMILES string of the molecule is CCS[C@@H]1O[C@H](CO[Si](C)(C)C(C)(C)C)[C@@H]2OC(C)(C)O[C@@H]2[C@H]1OCc1ccc(OC)cc1. The van der Waals surface area contributed by atoms with Crippen LogP contribution in [0.4, 0.5) is 0 Å². The van der Waals surface area contributed by atoms with Crippen molar-refractivity contribution < 1.29 is 28.1 Å². The molecule has 2 saturated heterocycles. The highest BCUT2D eigenvalue weighted by Crippen LogP contribution is 2.43. The Morgan fingerprint density at radius 1 is 1.06 bits per heavy atom. The molecule has 2 fully saturated rings. The van der Waals surface area contributed by atoms with E-state index in [1.165, 1.54) is 0 Å². The molecule has 0 spiro atoms. The van der Waals surface area contributed by atoms with Crippen molar-refractivity contribution in [3.63, 3.8) is 0 Å². The molecule has 2 aliphatic heterocycles. The maximum atomic E-state index is 6.59. The van der Waals surface area contributed by atoms with Crippen molar-refractivity contribution in [2.75, 3.05) is 19.5 Å². The minimum atomic E-state index is -1.92. The molecule has 2 aliphatic rings. The summed E-state index contributed by atoms with van der Waals surface area (Å²) in [4.78, 5) is 0. The van der Waals surface area contributed by atoms with Crippen molar-refractivity contribution in [1.29, 1.82) is 0 Å².